The molecule has 0 bridgehead atoms. The fourth-order valence-electron chi connectivity index (χ4n) is 3.41. The number of amides is 1. The zero-order valence-electron chi connectivity index (χ0n) is 15.7. The molecule has 1 amide bonds. The lowest BCUT2D eigenvalue weighted by Crippen LogP contribution is -2.50. The number of aromatic nitrogens is 2. The van der Waals surface area contributed by atoms with Gasteiger partial charge >= 0.3 is 0 Å². The number of benzene rings is 1. The van der Waals surface area contributed by atoms with Crippen molar-refractivity contribution >= 4 is 45.0 Å². The summed E-state index contributed by atoms with van der Waals surface area (Å²) in [6.07, 6.45) is 0. The molecule has 1 aromatic heterocycles. The first-order chi connectivity index (χ1) is 12.8. The Labute approximate surface area is 178 Å². The largest absolute Gasteiger partial charge is 0.338 e. The molecule has 146 valence electrons. The van der Waals surface area contributed by atoms with Crippen LogP contribution in [0, 0.1) is 13.8 Å². The third-order valence-corrected chi connectivity index (χ3v) is 6.79. The zero-order chi connectivity index (χ0) is 19.7. The van der Waals surface area contributed by atoms with Gasteiger partial charge in [0, 0.05) is 42.8 Å². The maximum absolute atomic E-state index is 12.9. The molecule has 5 nitrogen and oxygen atoms in total. The van der Waals surface area contributed by atoms with Gasteiger partial charge in [-0.2, -0.15) is 5.10 Å². The Morgan fingerprint density at radius 3 is 2.44 bits per heavy atom. The SMILES string of the molecule is Cc1nn(C(C)C(=O)N2CCN(Cc3ccc(Cl)cc3Cl)CC2)c(C)c1Br. The Balaban J connectivity index is 1.59. The van der Waals surface area contributed by atoms with Crippen LogP contribution in [0.1, 0.15) is 29.9 Å². The van der Waals surface area contributed by atoms with Crippen LogP contribution < -0.4 is 0 Å². The van der Waals surface area contributed by atoms with Crippen molar-refractivity contribution in [1.29, 1.82) is 0 Å². The standard InChI is InChI=1S/C19H23BrCl2N4O/c1-12-18(20)13(2)26(23-12)14(3)19(27)25-8-6-24(7-9-25)11-15-4-5-16(21)10-17(15)22/h4-5,10,14H,6-9,11H2,1-3H3. The first kappa shape index (κ1) is 20.6. The molecule has 1 aliphatic heterocycles. The highest BCUT2D eigenvalue weighted by Crippen LogP contribution is 2.25. The van der Waals surface area contributed by atoms with Crippen molar-refractivity contribution in [3.63, 3.8) is 0 Å². The molecule has 1 unspecified atom stereocenters. The molecule has 27 heavy (non-hydrogen) atoms. The fourth-order valence-corrected chi connectivity index (χ4v) is 4.14. The van der Waals surface area contributed by atoms with Crippen molar-refractivity contribution in [3.05, 3.63) is 49.7 Å². The van der Waals surface area contributed by atoms with E-state index in [2.05, 4.69) is 25.9 Å². The van der Waals surface area contributed by atoms with Crippen molar-refractivity contribution in [2.75, 3.05) is 26.2 Å². The van der Waals surface area contributed by atoms with E-state index in [0.29, 0.717) is 23.1 Å². The van der Waals surface area contributed by atoms with E-state index in [-0.39, 0.29) is 11.9 Å². The second-order valence-electron chi connectivity index (χ2n) is 6.94. The summed E-state index contributed by atoms with van der Waals surface area (Å²) in [5.41, 5.74) is 2.93. The number of carbonyl (C=O) groups is 1. The summed E-state index contributed by atoms with van der Waals surface area (Å²) in [5.74, 6) is 0.109. The number of carbonyl (C=O) groups excluding carboxylic acids is 1. The average Bonchev–Trinajstić information content (AvgIpc) is 2.91. The predicted molar refractivity (Wildman–Crippen MR) is 112 cm³/mol. The van der Waals surface area contributed by atoms with E-state index in [1.54, 1.807) is 6.07 Å². The van der Waals surface area contributed by atoms with E-state index in [1.807, 2.05) is 42.5 Å². The van der Waals surface area contributed by atoms with E-state index in [0.717, 1.165) is 41.1 Å². The number of aryl methyl sites for hydroxylation is 1. The van der Waals surface area contributed by atoms with E-state index in [9.17, 15) is 4.79 Å². The Morgan fingerprint density at radius 1 is 1.22 bits per heavy atom. The highest BCUT2D eigenvalue weighted by atomic mass is 79.9. The smallest absolute Gasteiger partial charge is 0.247 e. The van der Waals surface area contributed by atoms with E-state index in [1.165, 1.54) is 0 Å². The van der Waals surface area contributed by atoms with Crippen LogP contribution >= 0.6 is 39.1 Å². The summed E-state index contributed by atoms with van der Waals surface area (Å²) in [5, 5.41) is 5.83. The number of piperazine rings is 1. The molecule has 1 fully saturated rings. The number of halogens is 3. The molecule has 1 saturated heterocycles. The van der Waals surface area contributed by atoms with Gasteiger partial charge in [-0.05, 0) is 54.4 Å². The van der Waals surface area contributed by atoms with Crippen molar-refractivity contribution in [3.8, 4) is 0 Å². The maximum Gasteiger partial charge on any atom is 0.247 e. The molecule has 2 aromatic rings. The fraction of sp³-hybridized carbons (Fsp3) is 0.474. The first-order valence-corrected chi connectivity index (χ1v) is 10.5. The zero-order valence-corrected chi connectivity index (χ0v) is 18.8. The van der Waals surface area contributed by atoms with Crippen LogP contribution in [-0.4, -0.2) is 51.7 Å². The van der Waals surface area contributed by atoms with Crippen molar-refractivity contribution in [2.45, 2.75) is 33.4 Å². The Kier molecular flexibility index (Phi) is 6.51. The predicted octanol–water partition coefficient (Wildman–Crippen LogP) is 4.47. The van der Waals surface area contributed by atoms with Gasteiger partial charge in [0.15, 0.2) is 0 Å². The van der Waals surface area contributed by atoms with Crippen molar-refractivity contribution < 1.29 is 4.79 Å². The minimum atomic E-state index is -0.313. The second-order valence-corrected chi connectivity index (χ2v) is 8.58. The molecule has 1 aliphatic rings. The van der Waals surface area contributed by atoms with E-state index >= 15 is 0 Å². The molecule has 8 heteroatoms. The number of nitrogens with zero attached hydrogens (tertiary/aromatic N) is 4. The van der Waals surface area contributed by atoms with Crippen LogP contribution in [0.2, 0.25) is 10.0 Å². The summed E-state index contributed by atoms with van der Waals surface area (Å²) < 4.78 is 2.77. The molecule has 0 radical (unpaired) electrons. The normalized spacial score (nSPS) is 16.6. The summed E-state index contributed by atoms with van der Waals surface area (Å²) in [6, 6.07) is 5.28. The van der Waals surface area contributed by atoms with Crippen LogP contribution in [0.4, 0.5) is 0 Å². The second kappa shape index (κ2) is 8.52. The van der Waals surface area contributed by atoms with Gasteiger partial charge in [-0.1, -0.05) is 29.3 Å². The van der Waals surface area contributed by atoms with Gasteiger partial charge in [0.25, 0.3) is 0 Å². The molecule has 0 spiro atoms. The molecular weight excluding hydrogens is 451 g/mol. The van der Waals surface area contributed by atoms with Crippen LogP contribution in [0.25, 0.3) is 0 Å². The minimum absolute atomic E-state index is 0.109. The van der Waals surface area contributed by atoms with Crippen LogP contribution in [0.5, 0.6) is 0 Å². The molecule has 0 saturated carbocycles. The molecule has 0 N–H and O–H groups in total. The minimum Gasteiger partial charge on any atom is -0.338 e. The topological polar surface area (TPSA) is 41.4 Å². The molecule has 2 heterocycles. The molecule has 3 rings (SSSR count). The summed E-state index contributed by atoms with van der Waals surface area (Å²) in [7, 11) is 0. The monoisotopic (exact) mass is 472 g/mol. The quantitative estimate of drug-likeness (QED) is 0.657. The lowest BCUT2D eigenvalue weighted by Gasteiger charge is -2.36. The van der Waals surface area contributed by atoms with E-state index in [4.69, 9.17) is 23.2 Å². The van der Waals surface area contributed by atoms with Gasteiger partial charge in [-0.15, -0.1) is 0 Å². The van der Waals surface area contributed by atoms with Crippen molar-refractivity contribution in [2.24, 2.45) is 0 Å². The number of rotatable bonds is 4. The van der Waals surface area contributed by atoms with Gasteiger partial charge in [0.2, 0.25) is 5.91 Å². The highest BCUT2D eigenvalue weighted by Gasteiger charge is 2.28. The lowest BCUT2D eigenvalue weighted by molar-refractivity contribution is -0.136. The molecular formula is C19H23BrCl2N4O. The molecule has 1 aromatic carbocycles. The third-order valence-electron chi connectivity index (χ3n) is 5.05. The number of hydrogen-bond acceptors (Lipinski definition) is 3. The average molecular weight is 474 g/mol. The van der Waals surface area contributed by atoms with Gasteiger partial charge in [0.1, 0.15) is 6.04 Å². The highest BCUT2D eigenvalue weighted by molar-refractivity contribution is 9.10. The molecule has 1 atom stereocenters. The maximum atomic E-state index is 12.9. The number of hydrogen-bond donors (Lipinski definition) is 0. The summed E-state index contributed by atoms with van der Waals surface area (Å²) in [6.45, 7) is 9.62. The van der Waals surface area contributed by atoms with Gasteiger partial charge in [-0.25, -0.2) is 0 Å². The Hall–Kier alpha value is -1.08. The van der Waals surface area contributed by atoms with Gasteiger partial charge in [0.05, 0.1) is 15.9 Å². The Bertz CT molecular complexity index is 846. The van der Waals surface area contributed by atoms with Gasteiger partial charge < -0.3 is 4.90 Å². The lowest BCUT2D eigenvalue weighted by atomic mass is 10.2. The third kappa shape index (κ3) is 4.50. The van der Waals surface area contributed by atoms with E-state index < -0.39 is 0 Å². The first-order valence-electron chi connectivity index (χ1n) is 8.94. The van der Waals surface area contributed by atoms with Crippen molar-refractivity contribution in [1.82, 2.24) is 19.6 Å². The van der Waals surface area contributed by atoms with Crippen LogP contribution in [0.15, 0.2) is 22.7 Å². The summed E-state index contributed by atoms with van der Waals surface area (Å²) in [4.78, 5) is 17.2. The van der Waals surface area contributed by atoms with Gasteiger partial charge in [-0.3, -0.25) is 14.4 Å². The Morgan fingerprint density at radius 2 is 1.89 bits per heavy atom. The molecule has 0 aliphatic carbocycles. The van der Waals surface area contributed by atoms with Crippen LogP contribution in [-0.2, 0) is 11.3 Å². The van der Waals surface area contributed by atoms with Crippen LogP contribution in [0.3, 0.4) is 0 Å². The summed E-state index contributed by atoms with van der Waals surface area (Å²) >= 11 is 15.8.